The summed E-state index contributed by atoms with van der Waals surface area (Å²) >= 11 is 0. The van der Waals surface area contributed by atoms with Gasteiger partial charge in [-0.1, -0.05) is 18.2 Å². The van der Waals surface area contributed by atoms with Crippen molar-refractivity contribution < 1.29 is 22.7 Å². The smallest absolute Gasteiger partial charge is 0.433 e. The van der Waals surface area contributed by atoms with E-state index in [4.69, 9.17) is 9.72 Å². The summed E-state index contributed by atoms with van der Waals surface area (Å²) in [5.41, 5.74) is 4.25. The predicted octanol–water partition coefficient (Wildman–Crippen LogP) is 6.77. The molecule has 3 heterocycles. The minimum atomic E-state index is -4.64. The van der Waals surface area contributed by atoms with Gasteiger partial charge in [0.15, 0.2) is 5.65 Å². The zero-order valence-electron chi connectivity index (χ0n) is 22.6. The van der Waals surface area contributed by atoms with Gasteiger partial charge in [0.2, 0.25) is 0 Å². The van der Waals surface area contributed by atoms with Gasteiger partial charge in [0.25, 0.3) is 5.91 Å². The molecule has 7 nitrogen and oxygen atoms in total. The van der Waals surface area contributed by atoms with Crippen LogP contribution in [-0.2, 0) is 19.0 Å². The molecule has 0 saturated carbocycles. The number of hydrogen-bond acceptors (Lipinski definition) is 6. The van der Waals surface area contributed by atoms with Gasteiger partial charge in [-0.3, -0.25) is 9.78 Å². The fraction of sp³-hybridized carbons (Fsp3) is 0.194. The Morgan fingerprint density at radius 3 is 2.41 bits per heavy atom. The third-order valence-electron chi connectivity index (χ3n) is 6.70. The highest BCUT2D eigenvalue weighted by Crippen LogP contribution is 2.31. The van der Waals surface area contributed by atoms with Crippen molar-refractivity contribution >= 4 is 22.6 Å². The molecule has 0 unspecified atom stereocenters. The number of carbonyl (C=O) groups is 1. The first-order valence-electron chi connectivity index (χ1n) is 12.8. The number of nitrogens with one attached hydrogen (secondary N) is 1. The lowest BCUT2D eigenvalue weighted by Crippen LogP contribution is -2.15. The summed E-state index contributed by atoms with van der Waals surface area (Å²) in [5, 5.41) is 3.45. The molecule has 208 valence electrons. The SMILES string of the molecule is COc1ccc(CCc2ncc3cc(-c4cc(NC(=O)c5ccnc(C(F)(F)F)c5)ccc4C)c(C)nc3n2)cc1. The molecule has 10 heteroatoms. The third-order valence-corrected chi connectivity index (χ3v) is 6.70. The van der Waals surface area contributed by atoms with Gasteiger partial charge in [0.1, 0.15) is 17.3 Å². The summed E-state index contributed by atoms with van der Waals surface area (Å²) in [7, 11) is 1.64. The number of nitrogens with zero attached hydrogens (tertiary/aromatic N) is 4. The highest BCUT2D eigenvalue weighted by atomic mass is 19.4. The number of halogens is 3. The first-order valence-corrected chi connectivity index (χ1v) is 12.8. The molecule has 0 radical (unpaired) electrons. The van der Waals surface area contributed by atoms with E-state index >= 15 is 0 Å². The summed E-state index contributed by atoms with van der Waals surface area (Å²) in [5.74, 6) is 0.831. The van der Waals surface area contributed by atoms with Gasteiger partial charge in [0.05, 0.1) is 7.11 Å². The molecule has 0 fully saturated rings. The lowest BCUT2D eigenvalue weighted by Gasteiger charge is -2.14. The van der Waals surface area contributed by atoms with Crippen LogP contribution in [0.1, 0.15) is 38.7 Å². The Labute approximate surface area is 234 Å². The van der Waals surface area contributed by atoms with Crippen molar-refractivity contribution in [1.82, 2.24) is 19.9 Å². The van der Waals surface area contributed by atoms with Gasteiger partial charge in [0, 0.05) is 46.7 Å². The number of ether oxygens (including phenoxy) is 1. The normalized spacial score (nSPS) is 11.5. The summed E-state index contributed by atoms with van der Waals surface area (Å²) in [6.45, 7) is 3.82. The van der Waals surface area contributed by atoms with Crippen molar-refractivity contribution in [3.05, 3.63) is 107 Å². The number of hydrogen-bond donors (Lipinski definition) is 1. The Morgan fingerprint density at radius 1 is 0.902 bits per heavy atom. The number of carbonyl (C=O) groups excluding carboxylic acids is 1. The molecule has 0 aliphatic carbocycles. The molecular formula is C31H26F3N5O2. The number of methoxy groups -OCH3 is 1. The standard InChI is InChI=1S/C31H26F3N5O2/c1-18-4-8-23(38-30(40)21-12-13-35-27(15-21)31(32,33)34)16-25(18)26-14-22-17-36-28(39-29(22)37-19(26)2)11-7-20-5-9-24(41-3)10-6-20/h4-6,8-10,12-17H,7,11H2,1-3H3,(H,38,40). The summed E-state index contributed by atoms with van der Waals surface area (Å²) < 4.78 is 44.3. The fourth-order valence-electron chi connectivity index (χ4n) is 4.45. The van der Waals surface area contributed by atoms with Crippen molar-refractivity contribution in [2.75, 3.05) is 12.4 Å². The molecule has 1 amide bonds. The average molecular weight is 558 g/mol. The number of aryl methyl sites for hydroxylation is 4. The second-order valence-corrected chi connectivity index (χ2v) is 9.58. The van der Waals surface area contributed by atoms with E-state index in [-0.39, 0.29) is 5.56 Å². The zero-order valence-corrected chi connectivity index (χ0v) is 22.6. The fourth-order valence-corrected chi connectivity index (χ4v) is 4.45. The summed E-state index contributed by atoms with van der Waals surface area (Å²) in [4.78, 5) is 30.0. The number of rotatable bonds is 7. The maximum atomic E-state index is 13.0. The van der Waals surface area contributed by atoms with Crippen LogP contribution < -0.4 is 10.1 Å². The lowest BCUT2D eigenvalue weighted by molar-refractivity contribution is -0.141. The van der Waals surface area contributed by atoms with Crippen LogP contribution in [0.5, 0.6) is 5.75 Å². The van der Waals surface area contributed by atoms with E-state index in [2.05, 4.69) is 20.3 Å². The minimum absolute atomic E-state index is 0.141. The van der Waals surface area contributed by atoms with Crippen LogP contribution in [0.3, 0.4) is 0 Å². The predicted molar refractivity (Wildman–Crippen MR) is 150 cm³/mol. The molecule has 1 N–H and O–H groups in total. The molecule has 5 aromatic rings. The van der Waals surface area contributed by atoms with E-state index in [0.717, 1.165) is 57.8 Å². The minimum Gasteiger partial charge on any atom is -0.497 e. The van der Waals surface area contributed by atoms with Gasteiger partial charge in [-0.15, -0.1) is 0 Å². The van der Waals surface area contributed by atoms with Crippen molar-refractivity contribution in [2.24, 2.45) is 0 Å². The maximum absolute atomic E-state index is 13.0. The highest BCUT2D eigenvalue weighted by Gasteiger charge is 2.33. The molecule has 0 atom stereocenters. The molecular weight excluding hydrogens is 531 g/mol. The monoisotopic (exact) mass is 557 g/mol. The average Bonchev–Trinajstić information content (AvgIpc) is 2.96. The molecule has 41 heavy (non-hydrogen) atoms. The van der Waals surface area contributed by atoms with E-state index < -0.39 is 17.8 Å². The summed E-state index contributed by atoms with van der Waals surface area (Å²) in [6.07, 6.45) is -0.483. The zero-order chi connectivity index (χ0) is 29.1. The largest absolute Gasteiger partial charge is 0.497 e. The van der Waals surface area contributed by atoms with E-state index in [1.165, 1.54) is 6.07 Å². The highest BCUT2D eigenvalue weighted by molar-refractivity contribution is 6.04. The molecule has 0 spiro atoms. The Kier molecular flexibility index (Phi) is 7.65. The van der Waals surface area contributed by atoms with Crippen molar-refractivity contribution in [1.29, 1.82) is 0 Å². The van der Waals surface area contributed by atoms with Crippen LogP contribution >= 0.6 is 0 Å². The number of alkyl halides is 3. The molecule has 0 aliphatic heterocycles. The Morgan fingerprint density at radius 2 is 1.68 bits per heavy atom. The van der Waals surface area contributed by atoms with Crippen LogP contribution in [0.25, 0.3) is 22.2 Å². The number of benzene rings is 2. The van der Waals surface area contributed by atoms with Crippen LogP contribution in [-0.4, -0.2) is 33.0 Å². The Hall–Kier alpha value is -4.86. The van der Waals surface area contributed by atoms with Gasteiger partial charge < -0.3 is 10.1 Å². The molecule has 0 bridgehead atoms. The second kappa shape index (κ2) is 11.3. The quantitative estimate of drug-likeness (QED) is 0.238. The van der Waals surface area contributed by atoms with E-state index in [1.807, 2.05) is 50.2 Å². The molecule has 3 aromatic heterocycles. The van der Waals surface area contributed by atoms with Gasteiger partial charge in [-0.05, 0) is 79.4 Å². The number of pyridine rings is 2. The van der Waals surface area contributed by atoms with Gasteiger partial charge >= 0.3 is 6.18 Å². The lowest BCUT2D eigenvalue weighted by atomic mass is 9.98. The third kappa shape index (κ3) is 6.32. The van der Waals surface area contributed by atoms with Crippen LogP contribution in [0.15, 0.2) is 73.1 Å². The summed E-state index contributed by atoms with van der Waals surface area (Å²) in [6, 6.07) is 17.1. The second-order valence-electron chi connectivity index (χ2n) is 9.58. The topological polar surface area (TPSA) is 89.9 Å². The Bertz CT molecular complexity index is 1740. The first kappa shape index (κ1) is 27.7. The van der Waals surface area contributed by atoms with Crippen LogP contribution in [0.2, 0.25) is 0 Å². The van der Waals surface area contributed by atoms with Crippen LogP contribution in [0.4, 0.5) is 18.9 Å². The van der Waals surface area contributed by atoms with Gasteiger partial charge in [-0.25, -0.2) is 15.0 Å². The maximum Gasteiger partial charge on any atom is 0.433 e. The van der Waals surface area contributed by atoms with E-state index in [1.54, 1.807) is 25.4 Å². The number of amides is 1. The van der Waals surface area contributed by atoms with Crippen molar-refractivity contribution in [3.63, 3.8) is 0 Å². The molecule has 0 aliphatic rings. The number of aromatic nitrogens is 4. The van der Waals surface area contributed by atoms with Crippen molar-refractivity contribution in [3.8, 4) is 16.9 Å². The van der Waals surface area contributed by atoms with E-state index in [0.29, 0.717) is 23.6 Å². The van der Waals surface area contributed by atoms with Crippen LogP contribution in [0, 0.1) is 13.8 Å². The number of anilines is 1. The molecule has 2 aromatic carbocycles. The van der Waals surface area contributed by atoms with Crippen molar-refractivity contribution in [2.45, 2.75) is 32.9 Å². The molecule has 0 saturated heterocycles. The van der Waals surface area contributed by atoms with Gasteiger partial charge in [-0.2, -0.15) is 13.2 Å². The first-order chi connectivity index (χ1) is 19.6. The van der Waals surface area contributed by atoms with E-state index in [9.17, 15) is 18.0 Å². The Balaban J connectivity index is 1.37. The number of fused-ring (bicyclic) bond motifs is 1. The molecule has 5 rings (SSSR count).